The van der Waals surface area contributed by atoms with E-state index >= 15 is 0 Å². The van der Waals surface area contributed by atoms with Gasteiger partial charge in [-0.1, -0.05) is 97.1 Å². The predicted octanol–water partition coefficient (Wildman–Crippen LogP) is 11.5. The average Bonchev–Trinajstić information content (AvgIpc) is 3.80. The third-order valence-electron chi connectivity index (χ3n) is 9.65. The Labute approximate surface area is 271 Å². The summed E-state index contributed by atoms with van der Waals surface area (Å²) in [5.74, 6) is 0. The molecule has 0 radical (unpaired) electrons. The smallest absolute Gasteiger partial charge is 0.0548 e. The van der Waals surface area contributed by atoms with Gasteiger partial charge in [0.05, 0.1) is 27.6 Å². The minimum Gasteiger partial charge on any atom is -0.316 e. The minimum absolute atomic E-state index is 1.16. The normalized spacial score (nSPS) is 11.8. The first-order valence-electron chi connectivity index (χ1n) is 16.1. The molecule has 0 spiro atoms. The van der Waals surface area contributed by atoms with E-state index in [1.54, 1.807) is 0 Å². The summed E-state index contributed by atoms with van der Waals surface area (Å²) >= 11 is 0. The van der Waals surface area contributed by atoms with E-state index in [0.717, 1.165) is 11.4 Å². The Morgan fingerprint density at radius 1 is 0.319 bits per heavy atom. The highest BCUT2D eigenvalue weighted by atomic mass is 15.0. The molecule has 0 aliphatic heterocycles. The molecule has 3 heterocycles. The van der Waals surface area contributed by atoms with Crippen molar-refractivity contribution >= 4 is 54.5 Å². The molecule has 0 saturated carbocycles. The zero-order valence-electron chi connectivity index (χ0n) is 25.6. The molecule has 0 N–H and O–H groups in total. The summed E-state index contributed by atoms with van der Waals surface area (Å²) in [5.41, 5.74) is 12.0. The first kappa shape index (κ1) is 26.0. The summed E-state index contributed by atoms with van der Waals surface area (Å²) < 4.78 is 7.15. The molecule has 220 valence electrons. The van der Waals surface area contributed by atoms with Crippen molar-refractivity contribution in [1.82, 2.24) is 13.7 Å². The van der Waals surface area contributed by atoms with Crippen LogP contribution in [0.2, 0.25) is 0 Å². The summed E-state index contributed by atoms with van der Waals surface area (Å²) in [5, 5.41) is 6.31. The maximum absolute atomic E-state index is 2.43. The lowest BCUT2D eigenvalue weighted by atomic mass is 10.0. The van der Waals surface area contributed by atoms with Gasteiger partial charge in [0.2, 0.25) is 0 Å². The summed E-state index contributed by atoms with van der Waals surface area (Å²) in [6.45, 7) is 0. The average molecular weight is 600 g/mol. The molecule has 10 aromatic rings. The molecule has 3 nitrogen and oxygen atoms in total. The van der Waals surface area contributed by atoms with E-state index in [9.17, 15) is 0 Å². The number of hydrogen-bond acceptors (Lipinski definition) is 0. The van der Waals surface area contributed by atoms with Crippen molar-refractivity contribution in [2.45, 2.75) is 0 Å². The van der Waals surface area contributed by atoms with Gasteiger partial charge in [-0.2, -0.15) is 0 Å². The number of nitrogens with zero attached hydrogens (tertiary/aromatic N) is 3. The van der Waals surface area contributed by atoms with Gasteiger partial charge in [-0.15, -0.1) is 0 Å². The van der Waals surface area contributed by atoms with E-state index in [-0.39, 0.29) is 0 Å². The standard InChI is InChI=1S/C44H29N3/c1-4-14-31(15-5-1)45-29-37(34-20-10-12-22-38(34)45)30-24-25-40-36(28-30)44-42(47(40)33-18-8-3-9-19-33)27-26-41-43(44)35-21-11-13-23-39(35)46(41)32-16-6-2-7-17-32/h1-29H. The minimum atomic E-state index is 1.16. The highest BCUT2D eigenvalue weighted by molar-refractivity contribution is 6.29. The summed E-state index contributed by atoms with van der Waals surface area (Å²) in [4.78, 5) is 0. The zero-order chi connectivity index (χ0) is 30.9. The largest absolute Gasteiger partial charge is 0.316 e. The summed E-state index contributed by atoms with van der Waals surface area (Å²) in [6, 6.07) is 61.3. The quantitative estimate of drug-likeness (QED) is 0.191. The lowest BCUT2D eigenvalue weighted by Crippen LogP contribution is -1.94. The van der Waals surface area contributed by atoms with Crippen LogP contribution in [0.1, 0.15) is 0 Å². The fourth-order valence-corrected chi connectivity index (χ4v) is 7.66. The molecule has 47 heavy (non-hydrogen) atoms. The molecule has 7 aromatic carbocycles. The van der Waals surface area contributed by atoms with Gasteiger partial charge in [-0.05, 0) is 78.4 Å². The third kappa shape index (κ3) is 3.81. The van der Waals surface area contributed by atoms with Crippen LogP contribution in [0, 0.1) is 0 Å². The van der Waals surface area contributed by atoms with Crippen molar-refractivity contribution in [3.63, 3.8) is 0 Å². The molecule has 0 aliphatic carbocycles. The molecule has 3 aromatic heterocycles. The Morgan fingerprint density at radius 2 is 0.787 bits per heavy atom. The third-order valence-corrected chi connectivity index (χ3v) is 9.65. The molecule has 0 unspecified atom stereocenters. The number of para-hydroxylation sites is 5. The van der Waals surface area contributed by atoms with Crippen LogP contribution in [0.15, 0.2) is 176 Å². The van der Waals surface area contributed by atoms with Gasteiger partial charge in [-0.3, -0.25) is 0 Å². The monoisotopic (exact) mass is 599 g/mol. The molecule has 0 fully saturated rings. The van der Waals surface area contributed by atoms with E-state index in [0.29, 0.717) is 0 Å². The zero-order valence-corrected chi connectivity index (χ0v) is 25.6. The van der Waals surface area contributed by atoms with Gasteiger partial charge in [0.25, 0.3) is 0 Å². The van der Waals surface area contributed by atoms with E-state index in [1.165, 1.54) is 71.3 Å². The summed E-state index contributed by atoms with van der Waals surface area (Å²) in [7, 11) is 0. The van der Waals surface area contributed by atoms with E-state index in [4.69, 9.17) is 0 Å². The van der Waals surface area contributed by atoms with Gasteiger partial charge in [0, 0.05) is 55.8 Å². The van der Waals surface area contributed by atoms with Crippen LogP contribution in [0.4, 0.5) is 0 Å². The van der Waals surface area contributed by atoms with Gasteiger partial charge in [0.15, 0.2) is 0 Å². The first-order valence-corrected chi connectivity index (χ1v) is 16.1. The lowest BCUT2D eigenvalue weighted by molar-refractivity contribution is 1.13. The maximum Gasteiger partial charge on any atom is 0.0548 e. The molecular formula is C44H29N3. The SMILES string of the molecule is c1ccc(-n2cc(-c3ccc4c(c3)c3c5c6ccccc6n(-c6ccccc6)c5ccc3n4-c3ccccc3)c3ccccc32)cc1. The number of fused-ring (bicyclic) bond motifs is 8. The van der Waals surface area contributed by atoms with Crippen molar-refractivity contribution in [2.24, 2.45) is 0 Å². The van der Waals surface area contributed by atoms with Crippen LogP contribution in [0.5, 0.6) is 0 Å². The molecule has 10 rings (SSSR count). The van der Waals surface area contributed by atoms with Gasteiger partial charge < -0.3 is 13.7 Å². The second kappa shape index (κ2) is 10.1. The fraction of sp³-hybridized carbons (Fsp3) is 0. The number of benzene rings is 7. The Kier molecular flexibility index (Phi) is 5.57. The topological polar surface area (TPSA) is 14.8 Å². The highest BCUT2D eigenvalue weighted by Gasteiger charge is 2.21. The number of rotatable bonds is 4. The van der Waals surface area contributed by atoms with Crippen molar-refractivity contribution in [3.05, 3.63) is 176 Å². The Bertz CT molecular complexity index is 2760. The highest BCUT2D eigenvalue weighted by Crippen LogP contribution is 2.44. The Morgan fingerprint density at radius 3 is 1.43 bits per heavy atom. The molecule has 0 bridgehead atoms. The van der Waals surface area contributed by atoms with Crippen LogP contribution >= 0.6 is 0 Å². The molecule has 0 atom stereocenters. The molecule has 0 amide bonds. The second-order valence-electron chi connectivity index (χ2n) is 12.2. The Balaban J connectivity index is 1.34. The molecule has 0 aliphatic rings. The van der Waals surface area contributed by atoms with E-state index in [1.807, 2.05) is 0 Å². The van der Waals surface area contributed by atoms with Crippen molar-refractivity contribution in [3.8, 4) is 28.2 Å². The van der Waals surface area contributed by atoms with Gasteiger partial charge in [-0.25, -0.2) is 0 Å². The van der Waals surface area contributed by atoms with Gasteiger partial charge in [0.1, 0.15) is 0 Å². The predicted molar refractivity (Wildman–Crippen MR) is 197 cm³/mol. The van der Waals surface area contributed by atoms with Crippen LogP contribution in [-0.2, 0) is 0 Å². The van der Waals surface area contributed by atoms with Crippen LogP contribution < -0.4 is 0 Å². The first-order chi connectivity index (χ1) is 23.3. The van der Waals surface area contributed by atoms with Crippen molar-refractivity contribution in [1.29, 1.82) is 0 Å². The molecule has 0 saturated heterocycles. The molecule has 3 heteroatoms. The summed E-state index contributed by atoms with van der Waals surface area (Å²) in [6.07, 6.45) is 2.30. The number of hydrogen-bond donors (Lipinski definition) is 0. The van der Waals surface area contributed by atoms with Crippen LogP contribution in [0.3, 0.4) is 0 Å². The van der Waals surface area contributed by atoms with E-state index < -0.39 is 0 Å². The second-order valence-corrected chi connectivity index (χ2v) is 12.2. The maximum atomic E-state index is 2.43. The van der Waals surface area contributed by atoms with Crippen LogP contribution in [-0.4, -0.2) is 13.7 Å². The fourth-order valence-electron chi connectivity index (χ4n) is 7.66. The molecular weight excluding hydrogens is 571 g/mol. The van der Waals surface area contributed by atoms with E-state index in [2.05, 4.69) is 190 Å². The van der Waals surface area contributed by atoms with Crippen LogP contribution in [0.25, 0.3) is 82.7 Å². The van der Waals surface area contributed by atoms with Gasteiger partial charge >= 0.3 is 0 Å². The lowest BCUT2D eigenvalue weighted by Gasteiger charge is -2.09. The van der Waals surface area contributed by atoms with Crippen molar-refractivity contribution in [2.75, 3.05) is 0 Å². The number of aromatic nitrogens is 3. The Hall–Kier alpha value is -6.32. The van der Waals surface area contributed by atoms with Crippen molar-refractivity contribution < 1.29 is 0 Å².